The van der Waals surface area contributed by atoms with Crippen LogP contribution in [0.25, 0.3) is 11.2 Å². The fourth-order valence-corrected chi connectivity index (χ4v) is 4.15. The van der Waals surface area contributed by atoms with Crippen LogP contribution in [0.3, 0.4) is 0 Å². The minimum absolute atomic E-state index is 0.155. The number of nitrogens with zero attached hydrogens (tertiary/aromatic N) is 6. The predicted molar refractivity (Wildman–Crippen MR) is 125 cm³/mol. The van der Waals surface area contributed by atoms with Gasteiger partial charge in [-0.25, -0.2) is 9.80 Å². The molecule has 0 unspecified atom stereocenters. The second-order valence-corrected chi connectivity index (χ2v) is 8.13. The molecule has 162 valence electrons. The topological polar surface area (TPSA) is 77.4 Å². The van der Waals surface area contributed by atoms with E-state index in [4.69, 9.17) is 10.1 Å². The Bertz CT molecular complexity index is 1450. The Morgan fingerprint density at radius 3 is 2.12 bits per heavy atom. The molecule has 0 spiro atoms. The second kappa shape index (κ2) is 7.64. The van der Waals surface area contributed by atoms with Crippen molar-refractivity contribution < 1.29 is 0 Å². The van der Waals surface area contributed by atoms with E-state index >= 15 is 0 Å². The minimum Gasteiger partial charge on any atom is -0.294 e. The molecule has 1 aliphatic rings. The van der Waals surface area contributed by atoms with Gasteiger partial charge in [0.2, 0.25) is 5.95 Å². The van der Waals surface area contributed by atoms with Gasteiger partial charge < -0.3 is 0 Å². The van der Waals surface area contributed by atoms with Crippen LogP contribution in [0.5, 0.6) is 0 Å². The highest BCUT2D eigenvalue weighted by atomic mass is 16.2. The molecule has 0 N–H and O–H groups in total. The van der Waals surface area contributed by atoms with Crippen molar-refractivity contribution in [1.29, 1.82) is 0 Å². The summed E-state index contributed by atoms with van der Waals surface area (Å²) in [7, 11) is 1.66. The SMILES string of the molecule is CC1=NN(Cc2ccccc2)c2nc3c(c(=O)n(Cc4ccccc4)c(=O)n3C)n2[C@@H]1C. The molecule has 1 atom stereocenters. The molecular formula is C24H24N6O2. The van der Waals surface area contributed by atoms with E-state index in [2.05, 4.69) is 0 Å². The van der Waals surface area contributed by atoms with Crippen molar-refractivity contribution in [2.24, 2.45) is 12.1 Å². The third kappa shape index (κ3) is 3.15. The van der Waals surface area contributed by atoms with Crippen molar-refractivity contribution >= 4 is 22.8 Å². The number of benzene rings is 2. The Morgan fingerprint density at radius 1 is 0.906 bits per heavy atom. The van der Waals surface area contributed by atoms with Crippen molar-refractivity contribution in [2.75, 3.05) is 5.01 Å². The number of aromatic nitrogens is 4. The van der Waals surface area contributed by atoms with E-state index in [1.54, 1.807) is 12.1 Å². The maximum atomic E-state index is 13.6. The van der Waals surface area contributed by atoms with Crippen LogP contribution in [0, 0.1) is 0 Å². The number of rotatable bonds is 4. The molecular weight excluding hydrogens is 404 g/mol. The fourth-order valence-electron chi connectivity index (χ4n) is 4.15. The number of imidazole rings is 1. The van der Waals surface area contributed by atoms with Crippen molar-refractivity contribution in [3.05, 3.63) is 92.6 Å². The van der Waals surface area contributed by atoms with Crippen molar-refractivity contribution in [3.8, 4) is 0 Å². The smallest absolute Gasteiger partial charge is 0.294 e. The van der Waals surface area contributed by atoms with Crippen molar-refractivity contribution in [1.82, 2.24) is 18.7 Å². The normalized spacial score (nSPS) is 15.7. The monoisotopic (exact) mass is 428 g/mol. The molecule has 0 radical (unpaired) electrons. The first-order chi connectivity index (χ1) is 15.5. The van der Waals surface area contributed by atoms with Gasteiger partial charge in [0.05, 0.1) is 24.8 Å². The summed E-state index contributed by atoms with van der Waals surface area (Å²) in [5.41, 5.74) is 2.89. The van der Waals surface area contributed by atoms with Crippen LogP contribution in [-0.4, -0.2) is 24.4 Å². The van der Waals surface area contributed by atoms with Gasteiger partial charge in [-0.15, -0.1) is 0 Å². The van der Waals surface area contributed by atoms with Crippen LogP contribution in [-0.2, 0) is 20.1 Å². The summed E-state index contributed by atoms with van der Waals surface area (Å²) in [6, 6.07) is 19.3. The number of hydrazone groups is 1. The lowest BCUT2D eigenvalue weighted by Crippen LogP contribution is -2.40. The molecule has 1 aliphatic heterocycles. The quantitative estimate of drug-likeness (QED) is 0.501. The van der Waals surface area contributed by atoms with Gasteiger partial charge in [-0.3, -0.25) is 18.5 Å². The summed E-state index contributed by atoms with van der Waals surface area (Å²) >= 11 is 0. The second-order valence-electron chi connectivity index (χ2n) is 8.13. The van der Waals surface area contributed by atoms with E-state index in [1.807, 2.05) is 79.1 Å². The Balaban J connectivity index is 1.71. The maximum absolute atomic E-state index is 13.6. The first-order valence-electron chi connectivity index (χ1n) is 10.6. The lowest BCUT2D eigenvalue weighted by atomic mass is 10.2. The Hall–Kier alpha value is -3.94. The number of hydrogen-bond donors (Lipinski definition) is 0. The Kier molecular flexibility index (Phi) is 4.77. The first-order valence-corrected chi connectivity index (χ1v) is 10.6. The highest BCUT2D eigenvalue weighted by molar-refractivity contribution is 5.91. The van der Waals surface area contributed by atoms with Crippen molar-refractivity contribution in [2.45, 2.75) is 33.0 Å². The predicted octanol–water partition coefficient (Wildman–Crippen LogP) is 2.90. The van der Waals surface area contributed by atoms with E-state index in [9.17, 15) is 9.59 Å². The van der Waals surface area contributed by atoms with Crippen LogP contribution in [0.4, 0.5) is 5.95 Å². The molecule has 5 rings (SSSR count). The van der Waals surface area contributed by atoms with Crippen LogP contribution in [0.1, 0.15) is 31.0 Å². The fraction of sp³-hybridized carbons (Fsp3) is 0.250. The van der Waals surface area contributed by atoms with E-state index in [-0.39, 0.29) is 23.8 Å². The van der Waals surface area contributed by atoms with Crippen molar-refractivity contribution in [3.63, 3.8) is 0 Å². The highest BCUT2D eigenvalue weighted by Crippen LogP contribution is 2.30. The molecule has 3 heterocycles. The molecule has 2 aromatic heterocycles. The highest BCUT2D eigenvalue weighted by Gasteiger charge is 2.30. The number of hydrogen-bond acceptors (Lipinski definition) is 5. The van der Waals surface area contributed by atoms with E-state index in [0.29, 0.717) is 23.7 Å². The van der Waals surface area contributed by atoms with Gasteiger partial charge in [0.25, 0.3) is 5.56 Å². The summed E-state index contributed by atoms with van der Waals surface area (Å²) in [6.45, 7) is 4.66. The standard InChI is InChI=1S/C24H24N6O2/c1-16-17(2)30-20-21(25-23(30)29(26-16)15-19-12-8-5-9-13-19)27(3)24(32)28(22(20)31)14-18-10-6-4-7-11-18/h4-13,17H,14-15H2,1-3H3/t17-/m1/s1. The lowest BCUT2D eigenvalue weighted by molar-refractivity contribution is 0.626. The molecule has 8 nitrogen and oxygen atoms in total. The zero-order chi connectivity index (χ0) is 22.4. The molecule has 0 saturated heterocycles. The average Bonchev–Trinajstić information content (AvgIpc) is 3.22. The molecule has 8 heteroatoms. The summed E-state index contributed by atoms with van der Waals surface area (Å²) in [4.78, 5) is 31.4. The van der Waals surface area contributed by atoms with E-state index in [0.717, 1.165) is 16.8 Å². The summed E-state index contributed by atoms with van der Waals surface area (Å²) in [6.07, 6.45) is 0. The molecule has 0 fully saturated rings. The molecule has 0 bridgehead atoms. The van der Waals surface area contributed by atoms with Crippen LogP contribution in [0.2, 0.25) is 0 Å². The molecule has 0 aliphatic carbocycles. The Labute approximate surface area is 184 Å². The van der Waals surface area contributed by atoms with Gasteiger partial charge >= 0.3 is 5.69 Å². The van der Waals surface area contributed by atoms with Crippen LogP contribution in [0.15, 0.2) is 75.4 Å². The lowest BCUT2D eigenvalue weighted by Gasteiger charge is -2.29. The van der Waals surface area contributed by atoms with Crippen LogP contribution >= 0.6 is 0 Å². The van der Waals surface area contributed by atoms with Gasteiger partial charge in [-0.05, 0) is 25.0 Å². The Morgan fingerprint density at radius 2 is 1.50 bits per heavy atom. The van der Waals surface area contributed by atoms with Gasteiger partial charge in [0.1, 0.15) is 0 Å². The number of fused-ring (bicyclic) bond motifs is 3. The molecule has 32 heavy (non-hydrogen) atoms. The molecule has 2 aromatic carbocycles. The molecule has 4 aromatic rings. The maximum Gasteiger partial charge on any atom is 0.332 e. The minimum atomic E-state index is -0.387. The third-order valence-electron chi connectivity index (χ3n) is 6.02. The van der Waals surface area contributed by atoms with Crippen LogP contribution < -0.4 is 16.3 Å². The van der Waals surface area contributed by atoms with Gasteiger partial charge in [-0.1, -0.05) is 60.7 Å². The van der Waals surface area contributed by atoms with E-state index in [1.165, 1.54) is 9.13 Å². The largest absolute Gasteiger partial charge is 0.332 e. The molecule has 0 amide bonds. The van der Waals surface area contributed by atoms with Gasteiger partial charge in [0, 0.05) is 7.05 Å². The number of anilines is 1. The third-order valence-corrected chi connectivity index (χ3v) is 6.02. The van der Waals surface area contributed by atoms with Gasteiger partial charge in [0.15, 0.2) is 11.2 Å². The number of aryl methyl sites for hydroxylation is 1. The zero-order valence-corrected chi connectivity index (χ0v) is 18.3. The summed E-state index contributed by atoms with van der Waals surface area (Å²) in [5.74, 6) is 0.562. The van der Waals surface area contributed by atoms with E-state index < -0.39 is 0 Å². The first kappa shape index (κ1) is 20.0. The van der Waals surface area contributed by atoms with Gasteiger partial charge in [-0.2, -0.15) is 10.1 Å². The summed E-state index contributed by atoms with van der Waals surface area (Å²) < 4.78 is 4.64. The zero-order valence-electron chi connectivity index (χ0n) is 18.3. The average molecular weight is 428 g/mol. The summed E-state index contributed by atoms with van der Waals surface area (Å²) in [5, 5.41) is 6.54. The molecule has 0 saturated carbocycles.